The van der Waals surface area contributed by atoms with Gasteiger partial charge in [-0.3, -0.25) is 4.79 Å². The van der Waals surface area contributed by atoms with E-state index in [1.54, 1.807) is 7.11 Å². The lowest BCUT2D eigenvalue weighted by atomic mass is 9.98. The first kappa shape index (κ1) is 27.0. The molecule has 37 heavy (non-hydrogen) atoms. The average molecular weight is 507 g/mol. The van der Waals surface area contributed by atoms with Gasteiger partial charge in [0.05, 0.1) is 19.8 Å². The molecule has 0 N–H and O–H groups in total. The highest BCUT2D eigenvalue weighted by molar-refractivity contribution is 5.65. The minimum atomic E-state index is -0.749. The Morgan fingerprint density at radius 1 is 0.676 bits per heavy atom. The van der Waals surface area contributed by atoms with Crippen molar-refractivity contribution in [2.45, 2.75) is 57.5 Å². The first-order chi connectivity index (χ1) is 18.1. The molecule has 1 fully saturated rings. The van der Waals surface area contributed by atoms with Crippen LogP contribution < -0.4 is 0 Å². The number of hydrogen-bond donors (Lipinski definition) is 0. The summed E-state index contributed by atoms with van der Waals surface area (Å²) >= 11 is 0. The molecule has 1 aliphatic rings. The van der Waals surface area contributed by atoms with Crippen molar-refractivity contribution in [2.75, 3.05) is 13.7 Å². The van der Waals surface area contributed by atoms with E-state index in [1.807, 2.05) is 91.0 Å². The van der Waals surface area contributed by atoms with Gasteiger partial charge in [0.2, 0.25) is 0 Å². The number of esters is 1. The van der Waals surface area contributed by atoms with Crippen LogP contribution in [0.3, 0.4) is 0 Å². The Balaban J connectivity index is 1.60. The van der Waals surface area contributed by atoms with Gasteiger partial charge in [0.1, 0.15) is 31.0 Å². The van der Waals surface area contributed by atoms with E-state index in [-0.39, 0.29) is 6.61 Å². The zero-order valence-electron chi connectivity index (χ0n) is 21.2. The molecule has 0 aromatic heterocycles. The summed E-state index contributed by atoms with van der Waals surface area (Å²) < 4.78 is 36.5. The SMILES string of the molecule is CO[C@@H]1O[C@@H](COC(C)=O)[C@H](OCc2ccccc2)[C@H](OCc2ccccc2)[C@H]1OCc1ccccc1. The van der Waals surface area contributed by atoms with Crippen LogP contribution in [0.5, 0.6) is 0 Å². The van der Waals surface area contributed by atoms with Crippen molar-refractivity contribution < 1.29 is 33.2 Å². The zero-order valence-corrected chi connectivity index (χ0v) is 21.2. The van der Waals surface area contributed by atoms with Crippen LogP contribution >= 0.6 is 0 Å². The number of rotatable bonds is 12. The summed E-state index contributed by atoms with van der Waals surface area (Å²) in [4.78, 5) is 11.6. The molecular formula is C30H34O7. The van der Waals surface area contributed by atoms with Crippen molar-refractivity contribution in [2.24, 2.45) is 0 Å². The molecule has 0 bridgehead atoms. The van der Waals surface area contributed by atoms with E-state index in [1.165, 1.54) is 6.92 Å². The third-order valence-corrected chi connectivity index (χ3v) is 6.13. The maximum absolute atomic E-state index is 11.6. The van der Waals surface area contributed by atoms with Crippen LogP contribution in [-0.2, 0) is 53.0 Å². The van der Waals surface area contributed by atoms with Crippen molar-refractivity contribution in [3.63, 3.8) is 0 Å². The molecule has 1 saturated heterocycles. The summed E-state index contributed by atoms with van der Waals surface area (Å²) in [6.45, 7) is 2.40. The molecule has 0 spiro atoms. The van der Waals surface area contributed by atoms with Gasteiger partial charge in [0, 0.05) is 14.0 Å². The highest BCUT2D eigenvalue weighted by Gasteiger charge is 2.49. The molecule has 3 aromatic rings. The van der Waals surface area contributed by atoms with Gasteiger partial charge in [-0.25, -0.2) is 0 Å². The topological polar surface area (TPSA) is 72.5 Å². The summed E-state index contributed by atoms with van der Waals surface area (Å²) in [6, 6.07) is 29.7. The number of ether oxygens (including phenoxy) is 6. The number of benzene rings is 3. The Morgan fingerprint density at radius 3 is 1.54 bits per heavy atom. The van der Waals surface area contributed by atoms with Crippen LogP contribution in [0, 0.1) is 0 Å². The summed E-state index contributed by atoms with van der Waals surface area (Å²) in [5.41, 5.74) is 3.04. The number of methoxy groups -OCH3 is 1. The van der Waals surface area contributed by atoms with Gasteiger partial charge in [0.25, 0.3) is 0 Å². The Bertz CT molecular complexity index is 1060. The summed E-state index contributed by atoms with van der Waals surface area (Å²) in [5, 5.41) is 0. The second kappa shape index (κ2) is 14.0. The van der Waals surface area contributed by atoms with E-state index in [4.69, 9.17) is 28.4 Å². The molecule has 0 unspecified atom stereocenters. The smallest absolute Gasteiger partial charge is 0.302 e. The fourth-order valence-corrected chi connectivity index (χ4v) is 4.27. The van der Waals surface area contributed by atoms with Crippen molar-refractivity contribution in [1.29, 1.82) is 0 Å². The van der Waals surface area contributed by atoms with Crippen LogP contribution in [0.4, 0.5) is 0 Å². The molecular weight excluding hydrogens is 472 g/mol. The molecule has 7 nitrogen and oxygen atoms in total. The van der Waals surface area contributed by atoms with Gasteiger partial charge >= 0.3 is 5.97 Å². The molecule has 1 aliphatic heterocycles. The van der Waals surface area contributed by atoms with E-state index >= 15 is 0 Å². The van der Waals surface area contributed by atoms with Gasteiger partial charge < -0.3 is 28.4 Å². The van der Waals surface area contributed by atoms with Crippen LogP contribution in [-0.4, -0.2) is 50.4 Å². The Morgan fingerprint density at radius 2 is 1.11 bits per heavy atom. The van der Waals surface area contributed by atoms with E-state index < -0.39 is 36.7 Å². The largest absolute Gasteiger partial charge is 0.463 e. The van der Waals surface area contributed by atoms with E-state index in [0.717, 1.165) is 16.7 Å². The maximum Gasteiger partial charge on any atom is 0.302 e. The minimum Gasteiger partial charge on any atom is -0.463 e. The standard InChI is InChI=1S/C30H34O7/c1-22(31)33-21-26-27(34-18-23-12-6-3-7-13-23)28(35-19-24-14-8-4-9-15-24)29(30(32-2)37-26)36-20-25-16-10-5-11-17-25/h3-17,26-30H,18-21H2,1-2H3/t26-,27-,28-,29+,30+/m0/s1. The fourth-order valence-electron chi connectivity index (χ4n) is 4.27. The van der Waals surface area contributed by atoms with Gasteiger partial charge in [-0.2, -0.15) is 0 Å². The van der Waals surface area contributed by atoms with Crippen molar-refractivity contribution in [3.05, 3.63) is 108 Å². The summed E-state index contributed by atoms with van der Waals surface area (Å²) in [5.74, 6) is -0.399. The van der Waals surface area contributed by atoms with Crippen molar-refractivity contribution in [3.8, 4) is 0 Å². The molecule has 0 aliphatic carbocycles. The number of hydrogen-bond acceptors (Lipinski definition) is 7. The molecule has 0 amide bonds. The lowest BCUT2D eigenvalue weighted by Crippen LogP contribution is -2.61. The third-order valence-electron chi connectivity index (χ3n) is 6.13. The van der Waals surface area contributed by atoms with E-state index in [2.05, 4.69) is 0 Å². The highest BCUT2D eigenvalue weighted by atomic mass is 16.7. The van der Waals surface area contributed by atoms with Crippen molar-refractivity contribution in [1.82, 2.24) is 0 Å². The van der Waals surface area contributed by atoms with E-state index in [9.17, 15) is 4.79 Å². The molecule has 5 atom stereocenters. The second-order valence-electron chi connectivity index (χ2n) is 8.86. The lowest BCUT2D eigenvalue weighted by molar-refractivity contribution is -0.321. The van der Waals surface area contributed by atoms with Gasteiger partial charge in [-0.05, 0) is 16.7 Å². The molecule has 1 heterocycles. The molecule has 7 heteroatoms. The quantitative estimate of drug-likeness (QED) is 0.331. The minimum absolute atomic E-state index is 0.00521. The first-order valence-corrected chi connectivity index (χ1v) is 12.4. The zero-order chi connectivity index (χ0) is 25.9. The van der Waals surface area contributed by atoms with Crippen LogP contribution in [0.1, 0.15) is 23.6 Å². The molecule has 0 saturated carbocycles. The number of carbonyl (C=O) groups is 1. The maximum atomic E-state index is 11.6. The van der Waals surface area contributed by atoms with Crippen LogP contribution in [0.2, 0.25) is 0 Å². The molecule has 0 radical (unpaired) electrons. The van der Waals surface area contributed by atoms with Gasteiger partial charge in [-0.15, -0.1) is 0 Å². The highest BCUT2D eigenvalue weighted by Crippen LogP contribution is 2.31. The van der Waals surface area contributed by atoms with Gasteiger partial charge in [-0.1, -0.05) is 91.0 Å². The van der Waals surface area contributed by atoms with E-state index in [0.29, 0.717) is 19.8 Å². The fraction of sp³-hybridized carbons (Fsp3) is 0.367. The Kier molecular flexibility index (Phi) is 10.2. The predicted molar refractivity (Wildman–Crippen MR) is 137 cm³/mol. The normalized spacial score (nSPS) is 23.5. The molecule has 196 valence electrons. The molecule has 3 aromatic carbocycles. The second-order valence-corrected chi connectivity index (χ2v) is 8.86. The van der Waals surface area contributed by atoms with Gasteiger partial charge in [0.15, 0.2) is 6.29 Å². The first-order valence-electron chi connectivity index (χ1n) is 12.4. The number of carbonyl (C=O) groups excluding carboxylic acids is 1. The summed E-state index contributed by atoms with van der Waals surface area (Å²) in [6.07, 6.45) is -3.11. The predicted octanol–water partition coefficient (Wildman–Crippen LogP) is 4.68. The Labute approximate surface area is 218 Å². The Hall–Kier alpha value is -3.07. The third kappa shape index (κ3) is 7.95. The van der Waals surface area contributed by atoms with Crippen LogP contribution in [0.15, 0.2) is 91.0 Å². The average Bonchev–Trinajstić information content (AvgIpc) is 2.94. The van der Waals surface area contributed by atoms with Crippen molar-refractivity contribution >= 4 is 5.97 Å². The molecule has 4 rings (SSSR count). The summed E-state index contributed by atoms with van der Waals surface area (Å²) in [7, 11) is 1.56. The van der Waals surface area contributed by atoms with Crippen LogP contribution in [0.25, 0.3) is 0 Å². The lowest BCUT2D eigenvalue weighted by Gasteiger charge is -2.45. The monoisotopic (exact) mass is 506 g/mol.